The van der Waals surface area contributed by atoms with E-state index in [9.17, 15) is 8.78 Å². The molecule has 0 radical (unpaired) electrons. The zero-order valence-electron chi connectivity index (χ0n) is 11.6. The third-order valence-electron chi connectivity index (χ3n) is 3.15. The Hall–Kier alpha value is -1.10. The Balaban J connectivity index is 1.95. The molecule has 0 spiro atoms. The zero-order valence-corrected chi connectivity index (χ0v) is 13.1. The third-order valence-corrected chi connectivity index (χ3v) is 4.58. The highest BCUT2D eigenvalue weighted by atomic mass is 35.5. The van der Waals surface area contributed by atoms with Gasteiger partial charge in [0.1, 0.15) is 11.6 Å². The van der Waals surface area contributed by atoms with Gasteiger partial charge in [-0.25, -0.2) is 8.78 Å². The molecule has 0 bridgehead atoms. The van der Waals surface area contributed by atoms with Gasteiger partial charge in [0.05, 0.1) is 0 Å². The topological polar surface area (TPSA) is 12.0 Å². The molecule has 1 unspecified atom stereocenters. The maximum atomic E-state index is 13.7. The maximum Gasteiger partial charge on any atom is 0.129 e. The molecule has 1 atom stereocenters. The van der Waals surface area contributed by atoms with Gasteiger partial charge < -0.3 is 5.32 Å². The van der Waals surface area contributed by atoms with Crippen molar-refractivity contribution >= 4 is 23.4 Å². The minimum absolute atomic E-state index is 0.102. The minimum atomic E-state index is -0.548. The van der Waals surface area contributed by atoms with E-state index in [2.05, 4.69) is 5.32 Å². The van der Waals surface area contributed by atoms with Crippen LogP contribution in [0.3, 0.4) is 0 Å². The van der Waals surface area contributed by atoms with Crippen LogP contribution in [-0.4, -0.2) is 18.8 Å². The van der Waals surface area contributed by atoms with E-state index >= 15 is 0 Å². The first-order valence-electron chi connectivity index (χ1n) is 6.58. The first kappa shape index (κ1) is 16.3. The summed E-state index contributed by atoms with van der Waals surface area (Å²) in [6, 6.07) is 11.4. The Kier molecular flexibility index (Phi) is 6.03. The standard InChI is InChI=1S/C16H16ClF2NS/c1-20-14(8-11-2-5-13(18)9-16(11)19)10-21-15-6-3-12(17)4-7-15/h2-7,9,14,20H,8,10H2,1H3. The lowest BCUT2D eigenvalue weighted by Gasteiger charge is -2.16. The molecule has 2 aromatic rings. The number of hydrogen-bond donors (Lipinski definition) is 1. The van der Waals surface area contributed by atoms with Crippen molar-refractivity contribution < 1.29 is 8.78 Å². The molecular formula is C16H16ClF2NS. The second-order valence-electron chi connectivity index (χ2n) is 4.69. The number of benzene rings is 2. The minimum Gasteiger partial charge on any atom is -0.316 e. The third kappa shape index (κ3) is 4.99. The van der Waals surface area contributed by atoms with Gasteiger partial charge in [0.2, 0.25) is 0 Å². The van der Waals surface area contributed by atoms with Gasteiger partial charge in [-0.1, -0.05) is 17.7 Å². The van der Waals surface area contributed by atoms with Crippen LogP contribution in [-0.2, 0) is 6.42 Å². The summed E-state index contributed by atoms with van der Waals surface area (Å²) in [5, 5.41) is 3.87. The molecule has 1 nitrogen and oxygen atoms in total. The lowest BCUT2D eigenvalue weighted by atomic mass is 10.1. The summed E-state index contributed by atoms with van der Waals surface area (Å²) in [7, 11) is 1.84. The van der Waals surface area contributed by atoms with Gasteiger partial charge >= 0.3 is 0 Å². The summed E-state index contributed by atoms with van der Waals surface area (Å²) in [5.74, 6) is -0.255. The Labute approximate surface area is 132 Å². The van der Waals surface area contributed by atoms with E-state index in [0.717, 1.165) is 16.7 Å². The average molecular weight is 328 g/mol. The molecule has 1 N–H and O–H groups in total. The molecule has 0 amide bonds. The first-order valence-corrected chi connectivity index (χ1v) is 7.94. The normalized spacial score (nSPS) is 12.4. The van der Waals surface area contributed by atoms with E-state index in [4.69, 9.17) is 11.6 Å². The van der Waals surface area contributed by atoms with Gasteiger partial charge in [-0.2, -0.15) is 0 Å². The Morgan fingerprint density at radius 3 is 2.48 bits per heavy atom. The van der Waals surface area contributed by atoms with Crippen molar-refractivity contribution in [3.05, 3.63) is 64.7 Å². The predicted octanol–water partition coefficient (Wildman–Crippen LogP) is 4.54. The molecule has 0 aliphatic carbocycles. The van der Waals surface area contributed by atoms with Crippen molar-refractivity contribution in [1.82, 2.24) is 5.32 Å². The second kappa shape index (κ2) is 7.78. The van der Waals surface area contributed by atoms with Gasteiger partial charge in [-0.3, -0.25) is 0 Å². The molecule has 5 heteroatoms. The summed E-state index contributed by atoms with van der Waals surface area (Å²) in [6.45, 7) is 0. The summed E-state index contributed by atoms with van der Waals surface area (Å²) >= 11 is 7.52. The van der Waals surface area contributed by atoms with Crippen molar-refractivity contribution in [2.75, 3.05) is 12.8 Å². The lowest BCUT2D eigenvalue weighted by Crippen LogP contribution is -2.30. The molecule has 0 heterocycles. The van der Waals surface area contributed by atoms with Crippen LogP contribution in [0, 0.1) is 11.6 Å². The molecule has 0 saturated carbocycles. The highest BCUT2D eigenvalue weighted by molar-refractivity contribution is 7.99. The fourth-order valence-electron chi connectivity index (χ4n) is 1.92. The van der Waals surface area contributed by atoms with E-state index in [1.54, 1.807) is 11.8 Å². The van der Waals surface area contributed by atoms with Gasteiger partial charge in [0.15, 0.2) is 0 Å². The smallest absolute Gasteiger partial charge is 0.129 e. The molecule has 21 heavy (non-hydrogen) atoms. The van der Waals surface area contributed by atoms with Crippen LogP contribution in [0.1, 0.15) is 5.56 Å². The van der Waals surface area contributed by atoms with Crippen LogP contribution >= 0.6 is 23.4 Å². The molecule has 0 aromatic heterocycles. The molecule has 2 aromatic carbocycles. The zero-order chi connectivity index (χ0) is 15.2. The predicted molar refractivity (Wildman–Crippen MR) is 85.1 cm³/mol. The van der Waals surface area contributed by atoms with Crippen molar-refractivity contribution in [2.24, 2.45) is 0 Å². The van der Waals surface area contributed by atoms with Crippen LogP contribution < -0.4 is 5.32 Å². The summed E-state index contributed by atoms with van der Waals surface area (Å²) < 4.78 is 26.6. The van der Waals surface area contributed by atoms with Gasteiger partial charge in [0.25, 0.3) is 0 Å². The molecule has 0 aliphatic heterocycles. The molecule has 2 rings (SSSR count). The monoisotopic (exact) mass is 327 g/mol. The number of likely N-dealkylation sites (N-methyl/N-ethyl adjacent to an activating group) is 1. The molecule has 0 saturated heterocycles. The van der Waals surface area contributed by atoms with E-state index in [1.807, 2.05) is 31.3 Å². The Morgan fingerprint density at radius 2 is 1.86 bits per heavy atom. The van der Waals surface area contributed by atoms with E-state index in [-0.39, 0.29) is 6.04 Å². The number of rotatable bonds is 6. The highest BCUT2D eigenvalue weighted by Crippen LogP contribution is 2.22. The SMILES string of the molecule is CNC(CSc1ccc(Cl)cc1)Cc1ccc(F)cc1F. The number of thioether (sulfide) groups is 1. The average Bonchev–Trinajstić information content (AvgIpc) is 2.47. The Morgan fingerprint density at radius 1 is 1.14 bits per heavy atom. The molecule has 112 valence electrons. The van der Waals surface area contributed by atoms with E-state index in [0.29, 0.717) is 17.0 Å². The fourth-order valence-corrected chi connectivity index (χ4v) is 3.06. The maximum absolute atomic E-state index is 13.7. The molecule has 0 aliphatic rings. The highest BCUT2D eigenvalue weighted by Gasteiger charge is 2.12. The van der Waals surface area contributed by atoms with Gasteiger partial charge in [-0.05, 0) is 49.4 Å². The quantitative estimate of drug-likeness (QED) is 0.782. The van der Waals surface area contributed by atoms with E-state index < -0.39 is 11.6 Å². The van der Waals surface area contributed by atoms with Crippen molar-refractivity contribution in [1.29, 1.82) is 0 Å². The Bertz CT molecular complexity index is 589. The number of hydrogen-bond acceptors (Lipinski definition) is 2. The molecular weight excluding hydrogens is 312 g/mol. The van der Waals surface area contributed by atoms with Gasteiger partial charge in [0, 0.05) is 27.8 Å². The van der Waals surface area contributed by atoms with E-state index in [1.165, 1.54) is 12.1 Å². The largest absolute Gasteiger partial charge is 0.316 e. The van der Waals surface area contributed by atoms with Crippen LogP contribution in [0.5, 0.6) is 0 Å². The number of nitrogens with one attached hydrogen (secondary N) is 1. The summed E-state index contributed by atoms with van der Waals surface area (Å²) in [4.78, 5) is 1.11. The van der Waals surface area contributed by atoms with Crippen LogP contribution in [0.4, 0.5) is 8.78 Å². The number of halogens is 3. The summed E-state index contributed by atoms with van der Waals surface area (Å²) in [6.07, 6.45) is 0.517. The fraction of sp³-hybridized carbons (Fsp3) is 0.250. The lowest BCUT2D eigenvalue weighted by molar-refractivity contribution is 0.550. The van der Waals surface area contributed by atoms with Crippen molar-refractivity contribution in [3.8, 4) is 0 Å². The van der Waals surface area contributed by atoms with Crippen LogP contribution in [0.25, 0.3) is 0 Å². The van der Waals surface area contributed by atoms with Gasteiger partial charge in [-0.15, -0.1) is 11.8 Å². The van der Waals surface area contributed by atoms with Crippen LogP contribution in [0.2, 0.25) is 5.02 Å². The molecule has 0 fully saturated rings. The second-order valence-corrected chi connectivity index (χ2v) is 6.22. The van der Waals surface area contributed by atoms with Crippen molar-refractivity contribution in [2.45, 2.75) is 17.4 Å². The van der Waals surface area contributed by atoms with Crippen molar-refractivity contribution in [3.63, 3.8) is 0 Å². The summed E-state index contributed by atoms with van der Waals surface area (Å²) in [5.41, 5.74) is 0.521. The first-order chi connectivity index (χ1) is 10.1. The van der Waals surface area contributed by atoms with Crippen LogP contribution in [0.15, 0.2) is 47.4 Å².